The normalized spacial score (nSPS) is 14.3. The number of halogens is 1. The predicted octanol–water partition coefficient (Wildman–Crippen LogP) is 4.01. The molecule has 1 unspecified atom stereocenters. The first-order valence-corrected chi connectivity index (χ1v) is 9.68. The molecule has 1 heterocycles. The van der Waals surface area contributed by atoms with Gasteiger partial charge in [-0.3, -0.25) is 19.3 Å². The van der Waals surface area contributed by atoms with E-state index in [2.05, 4.69) is 21.2 Å². The van der Waals surface area contributed by atoms with Crippen molar-refractivity contribution in [1.82, 2.24) is 10.2 Å². The van der Waals surface area contributed by atoms with Crippen molar-refractivity contribution in [3.05, 3.63) is 69.2 Å². The minimum atomic E-state index is -0.281. The van der Waals surface area contributed by atoms with Crippen molar-refractivity contribution >= 4 is 33.7 Å². The largest absolute Gasteiger partial charge is 0.350 e. The summed E-state index contributed by atoms with van der Waals surface area (Å²) in [6.07, 6.45) is 0.681. The van der Waals surface area contributed by atoms with Gasteiger partial charge >= 0.3 is 0 Å². The molecule has 0 radical (unpaired) electrons. The number of imide groups is 1. The number of rotatable bonds is 6. The Balaban J connectivity index is 1.53. The minimum Gasteiger partial charge on any atom is -0.350 e. The van der Waals surface area contributed by atoms with Gasteiger partial charge in [0.2, 0.25) is 5.91 Å². The van der Waals surface area contributed by atoms with Crippen molar-refractivity contribution < 1.29 is 14.4 Å². The van der Waals surface area contributed by atoms with Crippen molar-refractivity contribution in [1.29, 1.82) is 0 Å². The van der Waals surface area contributed by atoms with Crippen molar-refractivity contribution in [3.8, 4) is 0 Å². The van der Waals surface area contributed by atoms with Gasteiger partial charge in [0.25, 0.3) is 11.8 Å². The van der Waals surface area contributed by atoms with Crippen LogP contribution in [-0.2, 0) is 4.79 Å². The van der Waals surface area contributed by atoms with Crippen LogP contribution in [0, 0.1) is 6.92 Å². The van der Waals surface area contributed by atoms with Gasteiger partial charge in [-0.15, -0.1) is 0 Å². The highest BCUT2D eigenvalue weighted by atomic mass is 79.9. The van der Waals surface area contributed by atoms with E-state index in [0.717, 1.165) is 15.6 Å². The Kier molecular flexibility index (Phi) is 5.75. The molecule has 1 aliphatic rings. The molecule has 0 saturated carbocycles. The standard InChI is InChI=1S/C21H21BrN2O3/c1-13-9-10-16-17(12-13)21(27)24(20(16)26)11-5-8-19(25)23-14(2)15-6-3-4-7-18(15)22/h3-4,6-7,9-10,12,14H,5,8,11H2,1-2H3,(H,23,25). The average Bonchev–Trinajstić information content (AvgIpc) is 2.86. The smallest absolute Gasteiger partial charge is 0.261 e. The number of nitrogens with zero attached hydrogens (tertiary/aromatic N) is 1. The van der Waals surface area contributed by atoms with Gasteiger partial charge < -0.3 is 5.32 Å². The SMILES string of the molecule is Cc1ccc2c(c1)C(=O)N(CCCC(=O)NC(C)c1ccccc1Br)C2=O. The Bertz CT molecular complexity index is 910. The average molecular weight is 429 g/mol. The molecule has 6 heteroatoms. The Morgan fingerprint density at radius 2 is 1.81 bits per heavy atom. The molecular weight excluding hydrogens is 408 g/mol. The number of carbonyl (C=O) groups is 3. The zero-order chi connectivity index (χ0) is 19.6. The van der Waals surface area contributed by atoms with E-state index in [-0.39, 0.29) is 36.7 Å². The third-order valence-corrected chi connectivity index (χ3v) is 5.38. The fraction of sp³-hybridized carbons (Fsp3) is 0.286. The van der Waals surface area contributed by atoms with Gasteiger partial charge in [-0.25, -0.2) is 0 Å². The lowest BCUT2D eigenvalue weighted by molar-refractivity contribution is -0.121. The first-order chi connectivity index (χ1) is 12.9. The van der Waals surface area contributed by atoms with Gasteiger partial charge in [0.1, 0.15) is 0 Å². The van der Waals surface area contributed by atoms with Crippen LogP contribution in [0.4, 0.5) is 0 Å². The number of fused-ring (bicyclic) bond motifs is 1. The summed E-state index contributed by atoms with van der Waals surface area (Å²) in [6.45, 7) is 4.05. The first-order valence-electron chi connectivity index (χ1n) is 8.89. The molecule has 0 bridgehead atoms. The van der Waals surface area contributed by atoms with Gasteiger partial charge in [0, 0.05) is 17.4 Å². The third kappa shape index (κ3) is 4.11. The van der Waals surface area contributed by atoms with Gasteiger partial charge in [0.05, 0.1) is 17.2 Å². The second-order valence-electron chi connectivity index (χ2n) is 6.73. The summed E-state index contributed by atoms with van der Waals surface area (Å²) in [7, 11) is 0. The molecule has 0 saturated heterocycles. The molecular formula is C21H21BrN2O3. The molecule has 0 aliphatic carbocycles. The molecule has 0 spiro atoms. The van der Waals surface area contributed by atoms with Crippen LogP contribution >= 0.6 is 15.9 Å². The van der Waals surface area contributed by atoms with Crippen molar-refractivity contribution in [2.75, 3.05) is 6.54 Å². The van der Waals surface area contributed by atoms with Gasteiger partial charge in [-0.2, -0.15) is 0 Å². The molecule has 2 aromatic carbocycles. The molecule has 1 aliphatic heterocycles. The van der Waals surface area contributed by atoms with Crippen LogP contribution in [0.25, 0.3) is 0 Å². The fourth-order valence-corrected chi connectivity index (χ4v) is 3.85. The first kappa shape index (κ1) is 19.3. The molecule has 140 valence electrons. The van der Waals surface area contributed by atoms with Gasteiger partial charge in [-0.05, 0) is 44.0 Å². The summed E-state index contributed by atoms with van der Waals surface area (Å²) in [5.74, 6) is -0.664. The number of hydrogen-bond acceptors (Lipinski definition) is 3. The second kappa shape index (κ2) is 8.05. The summed E-state index contributed by atoms with van der Waals surface area (Å²) < 4.78 is 0.944. The predicted molar refractivity (Wildman–Crippen MR) is 106 cm³/mol. The lowest BCUT2D eigenvalue weighted by atomic mass is 10.1. The van der Waals surface area contributed by atoms with E-state index < -0.39 is 0 Å². The maximum Gasteiger partial charge on any atom is 0.261 e. The van der Waals surface area contributed by atoms with E-state index in [1.54, 1.807) is 12.1 Å². The van der Waals surface area contributed by atoms with Crippen molar-refractivity contribution in [2.24, 2.45) is 0 Å². The van der Waals surface area contributed by atoms with Crippen LogP contribution in [0.3, 0.4) is 0 Å². The molecule has 2 aromatic rings. The molecule has 1 N–H and O–H groups in total. The molecule has 0 fully saturated rings. The van der Waals surface area contributed by atoms with Crippen LogP contribution in [0.2, 0.25) is 0 Å². The summed E-state index contributed by atoms with van der Waals surface area (Å²) in [5, 5.41) is 2.95. The summed E-state index contributed by atoms with van der Waals surface area (Å²) in [5.41, 5.74) is 2.84. The molecule has 27 heavy (non-hydrogen) atoms. The Hall–Kier alpha value is -2.47. The second-order valence-corrected chi connectivity index (χ2v) is 7.58. The number of benzene rings is 2. The van der Waals surface area contributed by atoms with E-state index in [1.807, 2.05) is 44.2 Å². The van der Waals surface area contributed by atoms with E-state index in [4.69, 9.17) is 0 Å². The maximum absolute atomic E-state index is 12.4. The summed E-state index contributed by atoms with van der Waals surface area (Å²) in [4.78, 5) is 38.3. The third-order valence-electron chi connectivity index (χ3n) is 4.66. The highest BCUT2D eigenvalue weighted by molar-refractivity contribution is 9.10. The zero-order valence-corrected chi connectivity index (χ0v) is 16.9. The number of carbonyl (C=O) groups excluding carboxylic acids is 3. The van der Waals surface area contributed by atoms with Crippen LogP contribution < -0.4 is 5.32 Å². The number of hydrogen-bond donors (Lipinski definition) is 1. The molecule has 3 amide bonds. The van der Waals surface area contributed by atoms with Crippen LogP contribution in [0.1, 0.15) is 57.7 Å². The Morgan fingerprint density at radius 1 is 1.11 bits per heavy atom. The maximum atomic E-state index is 12.4. The van der Waals surface area contributed by atoms with E-state index in [1.165, 1.54) is 4.90 Å². The topological polar surface area (TPSA) is 66.5 Å². The number of aryl methyl sites for hydroxylation is 1. The van der Waals surface area contributed by atoms with E-state index in [0.29, 0.717) is 17.5 Å². The van der Waals surface area contributed by atoms with E-state index >= 15 is 0 Å². The number of amides is 3. The lowest BCUT2D eigenvalue weighted by Gasteiger charge is -2.17. The molecule has 5 nitrogen and oxygen atoms in total. The molecule has 3 rings (SSSR count). The van der Waals surface area contributed by atoms with Gasteiger partial charge in [0.15, 0.2) is 0 Å². The highest BCUT2D eigenvalue weighted by Crippen LogP contribution is 2.25. The molecule has 0 aromatic heterocycles. The van der Waals surface area contributed by atoms with Crippen LogP contribution in [0.5, 0.6) is 0 Å². The fourth-order valence-electron chi connectivity index (χ4n) is 3.22. The van der Waals surface area contributed by atoms with E-state index in [9.17, 15) is 14.4 Å². The van der Waals surface area contributed by atoms with Crippen molar-refractivity contribution in [2.45, 2.75) is 32.7 Å². The van der Waals surface area contributed by atoms with Crippen LogP contribution in [0.15, 0.2) is 46.9 Å². The van der Waals surface area contributed by atoms with Crippen molar-refractivity contribution in [3.63, 3.8) is 0 Å². The quantitative estimate of drug-likeness (QED) is 0.706. The Labute approximate surface area is 166 Å². The van der Waals surface area contributed by atoms with Crippen LogP contribution in [-0.4, -0.2) is 29.2 Å². The lowest BCUT2D eigenvalue weighted by Crippen LogP contribution is -2.32. The summed E-state index contributed by atoms with van der Waals surface area (Å²) in [6, 6.07) is 12.9. The monoisotopic (exact) mass is 428 g/mol. The highest BCUT2D eigenvalue weighted by Gasteiger charge is 2.34. The summed E-state index contributed by atoms with van der Waals surface area (Å²) >= 11 is 3.48. The molecule has 1 atom stereocenters. The Morgan fingerprint density at radius 3 is 2.56 bits per heavy atom. The van der Waals surface area contributed by atoms with Gasteiger partial charge in [-0.1, -0.05) is 45.8 Å². The minimum absolute atomic E-state index is 0.106. The zero-order valence-electron chi connectivity index (χ0n) is 15.3. The number of nitrogens with one attached hydrogen (secondary N) is 1.